The average Bonchev–Trinajstić information content (AvgIpc) is 3.32. The van der Waals surface area contributed by atoms with Crippen LogP contribution in [0.1, 0.15) is 23.6 Å². The molecule has 156 valence electrons. The van der Waals surface area contributed by atoms with Crippen LogP contribution in [0.4, 0.5) is 0 Å². The van der Waals surface area contributed by atoms with Gasteiger partial charge in [-0.05, 0) is 36.1 Å². The first-order chi connectivity index (χ1) is 14.5. The highest BCUT2D eigenvalue weighted by atomic mass is 32.2. The van der Waals surface area contributed by atoms with Crippen LogP contribution in [0.2, 0.25) is 0 Å². The zero-order valence-electron chi connectivity index (χ0n) is 16.5. The summed E-state index contributed by atoms with van der Waals surface area (Å²) in [5.74, 6) is 0.251. The Labute approximate surface area is 174 Å². The van der Waals surface area contributed by atoms with Crippen molar-refractivity contribution >= 4 is 15.9 Å². The lowest BCUT2D eigenvalue weighted by Crippen LogP contribution is -2.52. The maximum absolute atomic E-state index is 12.9. The van der Waals surface area contributed by atoms with Crippen LogP contribution >= 0.6 is 0 Å². The minimum absolute atomic E-state index is 0.0490. The second kappa shape index (κ2) is 8.33. The minimum Gasteiger partial charge on any atom is -0.351 e. The molecule has 0 aliphatic carbocycles. The number of aromatic nitrogens is 4. The number of fused-ring (bicyclic) bond motifs is 1. The average molecular weight is 427 g/mol. The molecule has 30 heavy (non-hydrogen) atoms. The fourth-order valence-electron chi connectivity index (χ4n) is 3.47. The van der Waals surface area contributed by atoms with E-state index in [1.807, 2.05) is 30.3 Å². The molecule has 3 aromatic rings. The number of sulfonamides is 1. The van der Waals surface area contributed by atoms with Crippen molar-refractivity contribution in [3.8, 4) is 5.82 Å². The molecule has 1 aliphatic heterocycles. The Balaban J connectivity index is 1.48. The van der Waals surface area contributed by atoms with Crippen molar-refractivity contribution in [1.82, 2.24) is 29.4 Å². The molecule has 3 heterocycles. The summed E-state index contributed by atoms with van der Waals surface area (Å²) >= 11 is 0. The van der Waals surface area contributed by atoms with Crippen LogP contribution < -0.4 is 5.32 Å². The summed E-state index contributed by atoms with van der Waals surface area (Å²) in [6.45, 7) is 2.05. The van der Waals surface area contributed by atoms with Gasteiger partial charge in [0.25, 0.3) is 0 Å². The molecule has 10 heteroatoms. The van der Waals surface area contributed by atoms with Crippen LogP contribution in [0.15, 0.2) is 55.2 Å². The number of pyridine rings is 1. The molecule has 0 bridgehead atoms. The fourth-order valence-corrected chi connectivity index (χ4v) is 4.70. The van der Waals surface area contributed by atoms with Crippen LogP contribution in [0.5, 0.6) is 0 Å². The molecule has 0 radical (unpaired) electrons. The van der Waals surface area contributed by atoms with Gasteiger partial charge in [0, 0.05) is 19.3 Å². The van der Waals surface area contributed by atoms with E-state index in [4.69, 9.17) is 0 Å². The standard InChI is InChI=1S/C20H22N6O3S/c1-2-30(28,29)26-12-17-6-4-3-5-16(17)9-18(26)20(27)23-11-15-7-8-19(22-10-15)25-14-21-13-24-25/h3-8,10,13-14,18H,2,9,11-12H2,1H3,(H,23,27)/t18-/m1/s1. The molecule has 0 spiro atoms. The van der Waals surface area contributed by atoms with Crippen LogP contribution in [-0.2, 0) is 34.3 Å². The SMILES string of the molecule is CCS(=O)(=O)N1Cc2ccccc2C[C@@H]1C(=O)NCc1ccc(-n2cncn2)nc1. The minimum atomic E-state index is -3.53. The van der Waals surface area contributed by atoms with E-state index in [1.165, 1.54) is 15.3 Å². The molecule has 1 aromatic carbocycles. The number of nitrogens with one attached hydrogen (secondary N) is 1. The van der Waals surface area contributed by atoms with Gasteiger partial charge in [-0.2, -0.15) is 9.40 Å². The number of benzene rings is 1. The van der Waals surface area contributed by atoms with E-state index in [2.05, 4.69) is 20.4 Å². The fraction of sp³-hybridized carbons (Fsp3) is 0.300. The molecule has 0 saturated heterocycles. The second-order valence-corrected chi connectivity index (χ2v) is 9.23. The van der Waals surface area contributed by atoms with Gasteiger partial charge in [0.05, 0.1) is 5.75 Å². The molecule has 9 nitrogen and oxygen atoms in total. The molecule has 2 aromatic heterocycles. The second-order valence-electron chi connectivity index (χ2n) is 7.02. The Morgan fingerprint density at radius 1 is 1.20 bits per heavy atom. The van der Waals surface area contributed by atoms with E-state index in [0.29, 0.717) is 12.2 Å². The van der Waals surface area contributed by atoms with Gasteiger partial charge < -0.3 is 5.32 Å². The highest BCUT2D eigenvalue weighted by molar-refractivity contribution is 7.89. The molecular formula is C20H22N6O3S. The van der Waals surface area contributed by atoms with Crippen molar-refractivity contribution in [1.29, 1.82) is 0 Å². The molecule has 0 unspecified atom stereocenters. The molecule has 1 aliphatic rings. The van der Waals surface area contributed by atoms with E-state index >= 15 is 0 Å². The van der Waals surface area contributed by atoms with Gasteiger partial charge in [0.15, 0.2) is 5.82 Å². The van der Waals surface area contributed by atoms with Crippen molar-refractivity contribution in [2.75, 3.05) is 5.75 Å². The summed E-state index contributed by atoms with van der Waals surface area (Å²) < 4.78 is 28.1. The Morgan fingerprint density at radius 3 is 2.67 bits per heavy atom. The Hall–Kier alpha value is -3.11. The van der Waals surface area contributed by atoms with Crippen LogP contribution in [0.25, 0.3) is 5.82 Å². The Kier molecular flexibility index (Phi) is 5.60. The Morgan fingerprint density at radius 2 is 2.00 bits per heavy atom. The number of carbonyl (C=O) groups is 1. The monoisotopic (exact) mass is 426 g/mol. The van der Waals surface area contributed by atoms with Gasteiger partial charge in [0.2, 0.25) is 15.9 Å². The summed E-state index contributed by atoms with van der Waals surface area (Å²) in [6, 6.07) is 10.5. The normalized spacial score (nSPS) is 16.8. The van der Waals surface area contributed by atoms with Gasteiger partial charge in [-0.3, -0.25) is 4.79 Å². The maximum atomic E-state index is 12.9. The number of amides is 1. The summed E-state index contributed by atoms with van der Waals surface area (Å²) in [5.41, 5.74) is 2.74. The number of carbonyl (C=O) groups excluding carboxylic acids is 1. The first-order valence-corrected chi connectivity index (χ1v) is 11.2. The number of nitrogens with zero attached hydrogens (tertiary/aromatic N) is 5. The van der Waals surface area contributed by atoms with E-state index in [1.54, 1.807) is 25.5 Å². The predicted octanol–water partition coefficient (Wildman–Crippen LogP) is 1.06. The van der Waals surface area contributed by atoms with Crippen molar-refractivity contribution in [2.24, 2.45) is 0 Å². The van der Waals surface area contributed by atoms with Gasteiger partial charge in [-0.15, -0.1) is 0 Å². The summed E-state index contributed by atoms with van der Waals surface area (Å²) in [6.07, 6.45) is 4.97. The lowest BCUT2D eigenvalue weighted by Gasteiger charge is -2.34. The van der Waals surface area contributed by atoms with Crippen LogP contribution in [0, 0.1) is 0 Å². The van der Waals surface area contributed by atoms with Gasteiger partial charge in [-0.1, -0.05) is 30.3 Å². The Bertz CT molecular complexity index is 1130. The van der Waals surface area contributed by atoms with E-state index in [0.717, 1.165) is 16.7 Å². The highest BCUT2D eigenvalue weighted by Gasteiger charge is 2.37. The van der Waals surface area contributed by atoms with Gasteiger partial charge in [0.1, 0.15) is 18.7 Å². The van der Waals surface area contributed by atoms with Crippen molar-refractivity contribution in [2.45, 2.75) is 32.5 Å². The van der Waals surface area contributed by atoms with E-state index < -0.39 is 16.1 Å². The zero-order valence-corrected chi connectivity index (χ0v) is 17.3. The van der Waals surface area contributed by atoms with Crippen molar-refractivity contribution < 1.29 is 13.2 Å². The van der Waals surface area contributed by atoms with E-state index in [9.17, 15) is 13.2 Å². The third-order valence-corrected chi connectivity index (χ3v) is 6.99. The molecule has 1 atom stereocenters. The first kappa shape index (κ1) is 20.2. The molecular weight excluding hydrogens is 404 g/mol. The first-order valence-electron chi connectivity index (χ1n) is 9.62. The zero-order chi connectivity index (χ0) is 21.1. The van der Waals surface area contributed by atoms with E-state index in [-0.39, 0.29) is 24.7 Å². The van der Waals surface area contributed by atoms with Crippen LogP contribution in [-0.4, -0.2) is 50.2 Å². The quantitative estimate of drug-likeness (QED) is 0.631. The smallest absolute Gasteiger partial charge is 0.239 e. The molecule has 1 N–H and O–H groups in total. The summed E-state index contributed by atoms with van der Waals surface area (Å²) in [4.78, 5) is 21.1. The molecule has 1 amide bonds. The molecule has 4 rings (SSSR count). The summed E-state index contributed by atoms with van der Waals surface area (Å²) in [5, 5.41) is 6.88. The third kappa shape index (κ3) is 4.10. The molecule has 0 fully saturated rings. The predicted molar refractivity (Wildman–Crippen MR) is 110 cm³/mol. The van der Waals surface area contributed by atoms with Crippen molar-refractivity contribution in [3.05, 3.63) is 71.9 Å². The number of rotatable bonds is 6. The van der Waals surface area contributed by atoms with Crippen LogP contribution in [0.3, 0.4) is 0 Å². The summed E-state index contributed by atoms with van der Waals surface area (Å²) in [7, 11) is -3.53. The topological polar surface area (TPSA) is 110 Å². The largest absolute Gasteiger partial charge is 0.351 e. The van der Waals surface area contributed by atoms with Gasteiger partial charge >= 0.3 is 0 Å². The van der Waals surface area contributed by atoms with Gasteiger partial charge in [-0.25, -0.2) is 23.1 Å². The lowest BCUT2D eigenvalue weighted by molar-refractivity contribution is -0.125. The maximum Gasteiger partial charge on any atom is 0.239 e. The van der Waals surface area contributed by atoms with Crippen molar-refractivity contribution in [3.63, 3.8) is 0 Å². The molecule has 0 saturated carbocycles. The number of hydrogen-bond acceptors (Lipinski definition) is 6. The lowest BCUT2D eigenvalue weighted by atomic mass is 9.95. The third-order valence-electron chi connectivity index (χ3n) is 5.16. The number of hydrogen-bond donors (Lipinski definition) is 1. The highest BCUT2D eigenvalue weighted by Crippen LogP contribution is 2.26.